The van der Waals surface area contributed by atoms with E-state index in [1.807, 2.05) is 38.1 Å². The van der Waals surface area contributed by atoms with Crippen LogP contribution in [0.2, 0.25) is 0 Å². The minimum absolute atomic E-state index is 0. The average molecular weight is 419 g/mol. The zero-order valence-corrected chi connectivity index (χ0v) is 17.7. The predicted molar refractivity (Wildman–Crippen MR) is 117 cm³/mol. The van der Waals surface area contributed by atoms with Crippen molar-refractivity contribution in [1.29, 1.82) is 0 Å². The highest BCUT2D eigenvalue weighted by molar-refractivity contribution is 5.85. The Balaban J connectivity index is 0.00000300. The summed E-state index contributed by atoms with van der Waals surface area (Å²) in [5, 5.41) is 14.4. The number of nitrogens with one attached hydrogen (secondary N) is 1. The van der Waals surface area contributed by atoms with Crippen LogP contribution >= 0.6 is 12.4 Å². The highest BCUT2D eigenvalue weighted by Crippen LogP contribution is 2.24. The van der Waals surface area contributed by atoms with E-state index in [0.717, 1.165) is 42.3 Å². The number of ether oxygens (including phenoxy) is 1. The number of likely N-dealkylation sites (N-methyl/N-ethyl adjacent to an activating group) is 1. The second kappa shape index (κ2) is 10.2. The molecular weight excluding hydrogens is 392 g/mol. The van der Waals surface area contributed by atoms with Gasteiger partial charge in [-0.1, -0.05) is 19.1 Å². The average Bonchev–Trinajstić information content (AvgIpc) is 2.99. The maximum absolute atomic E-state index is 11.1. The molecule has 29 heavy (non-hydrogen) atoms. The molecule has 0 amide bonds. The molecule has 0 saturated carbocycles. The van der Waals surface area contributed by atoms with Crippen molar-refractivity contribution in [2.75, 3.05) is 13.1 Å². The zero-order valence-electron chi connectivity index (χ0n) is 16.9. The maximum Gasteiger partial charge on any atom is 0.271 e. The summed E-state index contributed by atoms with van der Waals surface area (Å²) in [4.78, 5) is 15.4. The molecule has 0 spiro atoms. The van der Waals surface area contributed by atoms with E-state index in [4.69, 9.17) is 9.72 Å². The van der Waals surface area contributed by atoms with Crippen LogP contribution in [0.1, 0.15) is 32.2 Å². The first-order valence-corrected chi connectivity index (χ1v) is 9.57. The number of aromatic nitrogens is 2. The van der Waals surface area contributed by atoms with Gasteiger partial charge in [-0.15, -0.1) is 12.4 Å². The van der Waals surface area contributed by atoms with Gasteiger partial charge in [0.15, 0.2) is 0 Å². The van der Waals surface area contributed by atoms with Gasteiger partial charge in [0.05, 0.1) is 22.1 Å². The van der Waals surface area contributed by atoms with E-state index in [0.29, 0.717) is 11.9 Å². The van der Waals surface area contributed by atoms with Crippen molar-refractivity contribution in [3.05, 3.63) is 64.0 Å². The van der Waals surface area contributed by atoms with Crippen LogP contribution in [0.5, 0.6) is 5.75 Å². The number of imidazole rings is 1. The molecule has 3 rings (SSSR count). The van der Waals surface area contributed by atoms with Crippen LogP contribution < -0.4 is 10.1 Å². The summed E-state index contributed by atoms with van der Waals surface area (Å²) in [6.07, 6.45) is 0.785. The minimum Gasteiger partial charge on any atom is -0.491 e. The summed E-state index contributed by atoms with van der Waals surface area (Å²) < 4.78 is 7.84. The molecule has 0 bridgehead atoms. The number of hydrogen-bond acceptors (Lipinski definition) is 5. The van der Waals surface area contributed by atoms with Gasteiger partial charge in [-0.25, -0.2) is 4.98 Å². The first-order valence-electron chi connectivity index (χ1n) is 9.57. The first kappa shape index (κ1) is 22.6. The minimum atomic E-state index is -0.385. The van der Waals surface area contributed by atoms with Crippen molar-refractivity contribution in [2.24, 2.45) is 0 Å². The van der Waals surface area contributed by atoms with E-state index in [1.54, 1.807) is 12.1 Å². The molecule has 0 unspecified atom stereocenters. The van der Waals surface area contributed by atoms with Gasteiger partial charge in [-0.3, -0.25) is 10.1 Å². The summed E-state index contributed by atoms with van der Waals surface area (Å²) in [6, 6.07) is 12.9. The molecule has 1 heterocycles. The number of nitrogens with zero attached hydrogens (tertiary/aromatic N) is 3. The summed E-state index contributed by atoms with van der Waals surface area (Å²) in [7, 11) is 0. The van der Waals surface area contributed by atoms with Gasteiger partial charge in [0.1, 0.15) is 11.6 Å². The quantitative estimate of drug-likeness (QED) is 0.317. The largest absolute Gasteiger partial charge is 0.491 e. The number of fused-ring (bicyclic) bond motifs is 1. The fraction of sp³-hybridized carbons (Fsp3) is 0.381. The third-order valence-corrected chi connectivity index (χ3v) is 4.44. The molecule has 0 fully saturated rings. The van der Waals surface area contributed by atoms with Gasteiger partial charge < -0.3 is 14.6 Å². The second-order valence-corrected chi connectivity index (χ2v) is 6.95. The van der Waals surface area contributed by atoms with Gasteiger partial charge in [0.25, 0.3) is 5.69 Å². The van der Waals surface area contributed by atoms with Crippen molar-refractivity contribution in [3.8, 4) is 5.75 Å². The number of rotatable bonds is 9. The molecule has 0 atom stereocenters. The highest BCUT2D eigenvalue weighted by atomic mass is 35.5. The number of halogens is 1. The smallest absolute Gasteiger partial charge is 0.271 e. The van der Waals surface area contributed by atoms with Gasteiger partial charge in [0, 0.05) is 31.6 Å². The predicted octanol–water partition coefficient (Wildman–Crippen LogP) is 4.35. The number of benzene rings is 2. The normalized spacial score (nSPS) is 10.9. The molecule has 3 aromatic rings. The maximum atomic E-state index is 11.1. The standard InChI is InChI=1S/C21H26N4O3.ClH/c1-4-22-11-12-24-20-10-7-17(25(26)27)14-19(20)23-21(24)13-16-5-8-18(9-6-16)28-15(2)3;/h5-10,14-15,22H,4,11-13H2,1-3H3;1H. The fourth-order valence-corrected chi connectivity index (χ4v) is 3.17. The van der Waals surface area contributed by atoms with Crippen LogP contribution in [0.15, 0.2) is 42.5 Å². The molecule has 0 aliphatic rings. The molecule has 0 aliphatic heterocycles. The summed E-state index contributed by atoms with van der Waals surface area (Å²) >= 11 is 0. The van der Waals surface area contributed by atoms with Crippen molar-refractivity contribution in [1.82, 2.24) is 14.9 Å². The molecular formula is C21H27ClN4O3. The van der Waals surface area contributed by atoms with E-state index in [9.17, 15) is 10.1 Å². The Morgan fingerprint density at radius 2 is 1.93 bits per heavy atom. The lowest BCUT2D eigenvalue weighted by atomic mass is 10.1. The monoisotopic (exact) mass is 418 g/mol. The topological polar surface area (TPSA) is 82.2 Å². The first-order chi connectivity index (χ1) is 13.5. The lowest BCUT2D eigenvalue weighted by Crippen LogP contribution is -2.20. The van der Waals surface area contributed by atoms with E-state index in [1.165, 1.54) is 6.07 Å². The number of hydrogen-bond donors (Lipinski definition) is 1. The molecule has 8 heteroatoms. The molecule has 2 aromatic carbocycles. The number of nitro groups is 1. The van der Waals surface area contributed by atoms with E-state index in [2.05, 4.69) is 16.8 Å². The Bertz CT molecular complexity index is 954. The highest BCUT2D eigenvalue weighted by Gasteiger charge is 2.15. The molecule has 1 aromatic heterocycles. The van der Waals surface area contributed by atoms with Crippen LogP contribution in [0, 0.1) is 10.1 Å². The Labute approximate surface area is 176 Å². The van der Waals surface area contributed by atoms with E-state index in [-0.39, 0.29) is 29.1 Å². The Hall–Kier alpha value is -2.64. The summed E-state index contributed by atoms with van der Waals surface area (Å²) in [5.74, 6) is 1.74. The molecule has 0 radical (unpaired) electrons. The third-order valence-electron chi connectivity index (χ3n) is 4.44. The second-order valence-electron chi connectivity index (χ2n) is 6.95. The Kier molecular flexibility index (Phi) is 7.99. The van der Waals surface area contributed by atoms with E-state index >= 15 is 0 Å². The molecule has 1 N–H and O–H groups in total. The van der Waals surface area contributed by atoms with Gasteiger partial charge >= 0.3 is 0 Å². The molecule has 7 nitrogen and oxygen atoms in total. The van der Waals surface area contributed by atoms with Crippen molar-refractivity contribution < 1.29 is 9.66 Å². The third kappa shape index (κ3) is 5.68. The van der Waals surface area contributed by atoms with Gasteiger partial charge in [0.2, 0.25) is 0 Å². The number of non-ortho nitro benzene ring substituents is 1. The van der Waals surface area contributed by atoms with Gasteiger partial charge in [-0.05, 0) is 44.2 Å². The van der Waals surface area contributed by atoms with Crippen LogP contribution in [0.25, 0.3) is 11.0 Å². The SMILES string of the molecule is CCNCCn1c(Cc2ccc(OC(C)C)cc2)nc2cc([N+](=O)[O-])ccc21.Cl. The Morgan fingerprint density at radius 3 is 2.55 bits per heavy atom. The van der Waals surface area contributed by atoms with Crippen molar-refractivity contribution in [2.45, 2.75) is 39.8 Å². The van der Waals surface area contributed by atoms with Gasteiger partial charge in [-0.2, -0.15) is 0 Å². The van der Waals surface area contributed by atoms with Crippen molar-refractivity contribution >= 4 is 29.1 Å². The fourth-order valence-electron chi connectivity index (χ4n) is 3.17. The lowest BCUT2D eigenvalue weighted by molar-refractivity contribution is -0.384. The molecule has 156 valence electrons. The Morgan fingerprint density at radius 1 is 1.21 bits per heavy atom. The molecule has 0 saturated heterocycles. The summed E-state index contributed by atoms with van der Waals surface area (Å²) in [5.41, 5.74) is 2.75. The van der Waals surface area contributed by atoms with Crippen molar-refractivity contribution in [3.63, 3.8) is 0 Å². The zero-order chi connectivity index (χ0) is 20.1. The lowest BCUT2D eigenvalue weighted by Gasteiger charge is -2.11. The van der Waals surface area contributed by atoms with Crippen LogP contribution in [0.4, 0.5) is 5.69 Å². The molecule has 0 aliphatic carbocycles. The number of nitro benzene ring substituents is 1. The van der Waals surface area contributed by atoms with Crippen LogP contribution in [-0.2, 0) is 13.0 Å². The summed E-state index contributed by atoms with van der Waals surface area (Å²) in [6.45, 7) is 8.53. The van der Waals surface area contributed by atoms with Crippen LogP contribution in [-0.4, -0.2) is 33.7 Å². The van der Waals surface area contributed by atoms with Crippen LogP contribution in [0.3, 0.4) is 0 Å². The van der Waals surface area contributed by atoms with E-state index < -0.39 is 0 Å².